The monoisotopic (exact) mass is 305 g/mol. The maximum atomic E-state index is 5.91. The summed E-state index contributed by atoms with van der Waals surface area (Å²) in [5, 5.41) is 4.68. The van der Waals surface area contributed by atoms with Gasteiger partial charge in [0.25, 0.3) is 0 Å². The van der Waals surface area contributed by atoms with Crippen LogP contribution in [0.5, 0.6) is 5.88 Å². The Bertz CT molecular complexity index is 796. The van der Waals surface area contributed by atoms with Crippen molar-refractivity contribution in [1.82, 2.24) is 9.78 Å². The predicted octanol–water partition coefficient (Wildman–Crippen LogP) is 3.58. The van der Waals surface area contributed by atoms with E-state index in [2.05, 4.69) is 53.3 Å². The van der Waals surface area contributed by atoms with Crippen molar-refractivity contribution in [2.75, 3.05) is 18.1 Å². The first-order chi connectivity index (χ1) is 11.3. The first-order valence-electron chi connectivity index (χ1n) is 7.89. The molecule has 116 valence electrons. The van der Waals surface area contributed by atoms with E-state index in [1.165, 1.54) is 5.69 Å². The molecule has 0 amide bonds. The molecule has 2 aromatic carbocycles. The van der Waals surface area contributed by atoms with Crippen molar-refractivity contribution < 1.29 is 4.74 Å². The highest BCUT2D eigenvalue weighted by Gasteiger charge is 2.23. The summed E-state index contributed by atoms with van der Waals surface area (Å²) in [5.74, 6) is 0.754. The molecule has 1 aromatic heterocycles. The Labute approximate surface area is 135 Å². The van der Waals surface area contributed by atoms with Crippen LogP contribution in [0, 0.1) is 6.92 Å². The van der Waals surface area contributed by atoms with Gasteiger partial charge in [-0.25, -0.2) is 4.68 Å². The third-order valence-electron chi connectivity index (χ3n) is 4.27. The summed E-state index contributed by atoms with van der Waals surface area (Å²) in [4.78, 5) is 2.34. The molecule has 3 aromatic rings. The zero-order chi connectivity index (χ0) is 15.6. The molecule has 0 atom stereocenters. The van der Waals surface area contributed by atoms with Gasteiger partial charge in [0, 0.05) is 5.69 Å². The third-order valence-corrected chi connectivity index (χ3v) is 4.27. The van der Waals surface area contributed by atoms with Gasteiger partial charge >= 0.3 is 0 Å². The maximum Gasteiger partial charge on any atom is 0.238 e. The Morgan fingerprint density at radius 1 is 0.913 bits per heavy atom. The molecule has 2 heterocycles. The zero-order valence-corrected chi connectivity index (χ0v) is 13.1. The van der Waals surface area contributed by atoms with Gasteiger partial charge in [0.15, 0.2) is 0 Å². The molecule has 23 heavy (non-hydrogen) atoms. The molecule has 0 saturated carbocycles. The van der Waals surface area contributed by atoms with E-state index < -0.39 is 0 Å². The molecular weight excluding hydrogens is 286 g/mol. The van der Waals surface area contributed by atoms with Gasteiger partial charge in [-0.1, -0.05) is 36.4 Å². The molecule has 0 aliphatic carbocycles. The standard InChI is InChI=1S/C19H19N3O/c1-15-18-14-21(16-8-4-2-5-9-16)12-13-23-19(18)20-22(15)17-10-6-3-7-11-17/h2-11H,12-14H2,1H3. The Morgan fingerprint density at radius 2 is 1.57 bits per heavy atom. The summed E-state index contributed by atoms with van der Waals surface area (Å²) in [6.07, 6.45) is 0. The number of hydrogen-bond acceptors (Lipinski definition) is 3. The van der Waals surface area contributed by atoms with Crippen LogP contribution in [-0.4, -0.2) is 22.9 Å². The Morgan fingerprint density at radius 3 is 2.26 bits per heavy atom. The lowest BCUT2D eigenvalue weighted by Gasteiger charge is -2.22. The smallest absolute Gasteiger partial charge is 0.238 e. The fourth-order valence-electron chi connectivity index (χ4n) is 3.01. The molecule has 0 spiro atoms. The van der Waals surface area contributed by atoms with Crippen molar-refractivity contribution in [3.8, 4) is 11.6 Å². The molecule has 0 radical (unpaired) electrons. The molecule has 4 rings (SSSR count). The highest BCUT2D eigenvalue weighted by molar-refractivity contribution is 5.49. The molecule has 1 aliphatic rings. The van der Waals surface area contributed by atoms with Crippen molar-refractivity contribution >= 4 is 5.69 Å². The van der Waals surface area contributed by atoms with Crippen LogP contribution in [0.15, 0.2) is 60.7 Å². The Hall–Kier alpha value is -2.75. The highest BCUT2D eigenvalue weighted by atomic mass is 16.5. The number of anilines is 1. The number of aromatic nitrogens is 2. The summed E-state index contributed by atoms with van der Waals surface area (Å²) in [7, 11) is 0. The highest BCUT2D eigenvalue weighted by Crippen LogP contribution is 2.29. The van der Waals surface area contributed by atoms with Crippen LogP contribution < -0.4 is 9.64 Å². The quantitative estimate of drug-likeness (QED) is 0.725. The van der Waals surface area contributed by atoms with Crippen LogP contribution in [0.25, 0.3) is 5.69 Å². The van der Waals surface area contributed by atoms with Gasteiger partial charge in [-0.3, -0.25) is 0 Å². The van der Waals surface area contributed by atoms with E-state index in [9.17, 15) is 0 Å². The largest absolute Gasteiger partial charge is 0.474 e. The van der Waals surface area contributed by atoms with Crippen LogP contribution >= 0.6 is 0 Å². The molecule has 4 nitrogen and oxygen atoms in total. The Balaban J connectivity index is 1.72. The molecule has 0 N–H and O–H groups in total. The van der Waals surface area contributed by atoms with E-state index >= 15 is 0 Å². The molecule has 4 heteroatoms. The number of benzene rings is 2. The lowest BCUT2D eigenvalue weighted by molar-refractivity contribution is 0.316. The van der Waals surface area contributed by atoms with Gasteiger partial charge in [0.2, 0.25) is 5.88 Å². The maximum absolute atomic E-state index is 5.91. The van der Waals surface area contributed by atoms with Gasteiger partial charge in [-0.15, -0.1) is 5.10 Å². The number of nitrogens with zero attached hydrogens (tertiary/aromatic N) is 3. The fraction of sp³-hybridized carbons (Fsp3) is 0.211. The summed E-state index contributed by atoms with van der Waals surface area (Å²) in [6.45, 7) is 4.44. The number of hydrogen-bond donors (Lipinski definition) is 0. The lowest BCUT2D eigenvalue weighted by Crippen LogP contribution is -2.25. The topological polar surface area (TPSA) is 30.3 Å². The van der Waals surface area contributed by atoms with Gasteiger partial charge in [0.1, 0.15) is 6.61 Å². The first-order valence-corrected chi connectivity index (χ1v) is 7.89. The van der Waals surface area contributed by atoms with Gasteiger partial charge in [0.05, 0.1) is 30.0 Å². The Kier molecular flexibility index (Phi) is 3.50. The molecule has 0 saturated heterocycles. The minimum absolute atomic E-state index is 0.646. The number of ether oxygens (including phenoxy) is 1. The molecule has 1 aliphatic heterocycles. The van der Waals surface area contributed by atoms with E-state index in [1.807, 2.05) is 28.9 Å². The second-order valence-electron chi connectivity index (χ2n) is 5.72. The molecule has 0 unspecified atom stereocenters. The average molecular weight is 305 g/mol. The summed E-state index contributed by atoms with van der Waals surface area (Å²) in [5.41, 5.74) is 4.58. The van der Waals surface area contributed by atoms with E-state index in [4.69, 9.17) is 4.74 Å². The van der Waals surface area contributed by atoms with Crippen LogP contribution in [0.2, 0.25) is 0 Å². The van der Waals surface area contributed by atoms with Crippen LogP contribution in [0.3, 0.4) is 0 Å². The van der Waals surface area contributed by atoms with Crippen molar-refractivity contribution in [1.29, 1.82) is 0 Å². The van der Waals surface area contributed by atoms with Gasteiger partial charge in [-0.05, 0) is 31.2 Å². The normalized spacial score (nSPS) is 14.0. The van der Waals surface area contributed by atoms with Crippen molar-refractivity contribution in [3.63, 3.8) is 0 Å². The summed E-state index contributed by atoms with van der Waals surface area (Å²) >= 11 is 0. The SMILES string of the molecule is Cc1c2c(nn1-c1ccccc1)OCCN(c1ccccc1)C2. The van der Waals surface area contributed by atoms with Crippen molar-refractivity contribution in [2.45, 2.75) is 13.5 Å². The second kappa shape index (κ2) is 5.80. The second-order valence-corrected chi connectivity index (χ2v) is 5.72. The van der Waals surface area contributed by atoms with Gasteiger partial charge in [-0.2, -0.15) is 0 Å². The molecule has 0 fully saturated rings. The van der Waals surface area contributed by atoms with E-state index in [1.54, 1.807) is 0 Å². The summed E-state index contributed by atoms with van der Waals surface area (Å²) < 4.78 is 7.88. The van der Waals surface area contributed by atoms with Crippen LogP contribution in [0.1, 0.15) is 11.3 Å². The molecular formula is C19H19N3O. The van der Waals surface area contributed by atoms with Gasteiger partial charge < -0.3 is 9.64 Å². The minimum atomic E-state index is 0.646. The third kappa shape index (κ3) is 2.57. The van der Waals surface area contributed by atoms with Crippen molar-refractivity contribution in [2.24, 2.45) is 0 Å². The fourth-order valence-corrected chi connectivity index (χ4v) is 3.01. The van der Waals surface area contributed by atoms with E-state index in [0.29, 0.717) is 6.61 Å². The molecule has 0 bridgehead atoms. The minimum Gasteiger partial charge on any atom is -0.474 e. The number of para-hydroxylation sites is 2. The predicted molar refractivity (Wildman–Crippen MR) is 91.3 cm³/mol. The lowest BCUT2D eigenvalue weighted by atomic mass is 10.2. The van der Waals surface area contributed by atoms with Crippen molar-refractivity contribution in [3.05, 3.63) is 71.9 Å². The number of fused-ring (bicyclic) bond motifs is 1. The van der Waals surface area contributed by atoms with E-state index in [-0.39, 0.29) is 0 Å². The average Bonchev–Trinajstić information content (AvgIpc) is 2.79. The van der Waals surface area contributed by atoms with Crippen LogP contribution in [-0.2, 0) is 6.54 Å². The van der Waals surface area contributed by atoms with E-state index in [0.717, 1.165) is 35.9 Å². The first kappa shape index (κ1) is 13.9. The number of rotatable bonds is 2. The zero-order valence-electron chi connectivity index (χ0n) is 13.1. The van der Waals surface area contributed by atoms with Crippen LogP contribution in [0.4, 0.5) is 5.69 Å². The summed E-state index contributed by atoms with van der Waals surface area (Å²) in [6, 6.07) is 20.7.